The number of nitrogens with one attached hydrogen (secondary N) is 1. The van der Waals surface area contributed by atoms with E-state index in [1.54, 1.807) is 6.20 Å². The van der Waals surface area contributed by atoms with Gasteiger partial charge in [-0.1, -0.05) is 12.1 Å². The van der Waals surface area contributed by atoms with E-state index < -0.39 is 0 Å². The molecule has 1 N–H and O–H groups in total. The van der Waals surface area contributed by atoms with Crippen molar-refractivity contribution in [2.45, 2.75) is 33.4 Å². The minimum Gasteiger partial charge on any atom is -0.444 e. The molecule has 0 aliphatic carbocycles. The predicted octanol–water partition coefficient (Wildman–Crippen LogP) is 3.69. The molecule has 0 aliphatic rings. The van der Waals surface area contributed by atoms with Crippen LogP contribution in [0.25, 0.3) is 10.9 Å². The van der Waals surface area contributed by atoms with Gasteiger partial charge in [0.15, 0.2) is 0 Å². The van der Waals surface area contributed by atoms with Gasteiger partial charge in [0.2, 0.25) is 5.89 Å². The Balaban J connectivity index is 1.71. The smallest absolute Gasteiger partial charge is 0.211 e. The minimum absolute atomic E-state index is 0.0885. The lowest BCUT2D eigenvalue weighted by Gasteiger charge is -2.11. The van der Waals surface area contributed by atoms with Crippen LogP contribution in [0.5, 0.6) is 0 Å². The Hall–Kier alpha value is -2.20. The summed E-state index contributed by atoms with van der Waals surface area (Å²) in [6.07, 6.45) is 1.75. The second-order valence-corrected chi connectivity index (χ2v) is 5.39. The van der Waals surface area contributed by atoms with Crippen LogP contribution in [-0.2, 0) is 6.54 Å². The summed E-state index contributed by atoms with van der Waals surface area (Å²) in [5.74, 6) is 1.57. The van der Waals surface area contributed by atoms with Crippen molar-refractivity contribution in [3.8, 4) is 0 Å². The number of benzene rings is 1. The fourth-order valence-electron chi connectivity index (χ4n) is 2.32. The standard InChI is InChI=1S/C17H19N3O/c1-11-4-6-15-8-14(5-7-16(15)20-11)10-18-13(3)17-19-9-12(2)21-17/h4-9,13,18H,10H2,1-3H3. The number of aryl methyl sites for hydroxylation is 2. The molecule has 2 heterocycles. The second kappa shape index (κ2) is 5.66. The van der Waals surface area contributed by atoms with E-state index >= 15 is 0 Å². The summed E-state index contributed by atoms with van der Waals surface area (Å²) in [5, 5.41) is 4.59. The zero-order chi connectivity index (χ0) is 14.8. The van der Waals surface area contributed by atoms with Crippen LogP contribution in [0.4, 0.5) is 0 Å². The van der Waals surface area contributed by atoms with Gasteiger partial charge in [0.1, 0.15) is 5.76 Å². The van der Waals surface area contributed by atoms with Crippen molar-refractivity contribution in [2.24, 2.45) is 0 Å². The first-order chi connectivity index (χ1) is 10.1. The van der Waals surface area contributed by atoms with Crippen LogP contribution in [0, 0.1) is 13.8 Å². The van der Waals surface area contributed by atoms with Crippen LogP contribution in [0.1, 0.15) is 35.9 Å². The Kier molecular flexibility index (Phi) is 3.71. The molecule has 3 aromatic rings. The number of nitrogens with zero attached hydrogens (tertiary/aromatic N) is 2. The monoisotopic (exact) mass is 281 g/mol. The summed E-state index contributed by atoms with van der Waals surface area (Å²) < 4.78 is 5.53. The summed E-state index contributed by atoms with van der Waals surface area (Å²) in [5.41, 5.74) is 3.31. The third-order valence-corrected chi connectivity index (χ3v) is 3.51. The summed E-state index contributed by atoms with van der Waals surface area (Å²) in [6, 6.07) is 10.6. The summed E-state index contributed by atoms with van der Waals surface area (Å²) in [7, 11) is 0. The van der Waals surface area contributed by atoms with Crippen LogP contribution in [-0.4, -0.2) is 9.97 Å². The van der Waals surface area contributed by atoms with Gasteiger partial charge in [0.25, 0.3) is 0 Å². The maximum atomic E-state index is 5.53. The topological polar surface area (TPSA) is 51.0 Å². The molecule has 0 saturated heterocycles. The Morgan fingerprint density at radius 2 is 2.05 bits per heavy atom. The first-order valence-corrected chi connectivity index (χ1v) is 7.14. The molecule has 0 amide bonds. The van der Waals surface area contributed by atoms with E-state index in [1.165, 1.54) is 10.9 Å². The lowest BCUT2D eigenvalue weighted by atomic mass is 10.1. The zero-order valence-corrected chi connectivity index (χ0v) is 12.6. The summed E-state index contributed by atoms with van der Waals surface area (Å²) in [6.45, 7) is 6.74. The van der Waals surface area contributed by atoms with Crippen molar-refractivity contribution in [1.82, 2.24) is 15.3 Å². The molecule has 0 aliphatic heterocycles. The molecule has 4 nitrogen and oxygen atoms in total. The van der Waals surface area contributed by atoms with E-state index in [1.807, 2.05) is 19.9 Å². The van der Waals surface area contributed by atoms with Crippen molar-refractivity contribution in [3.63, 3.8) is 0 Å². The average Bonchev–Trinajstić information content (AvgIpc) is 2.91. The maximum Gasteiger partial charge on any atom is 0.211 e. The van der Waals surface area contributed by atoms with E-state index in [0.717, 1.165) is 29.4 Å². The highest BCUT2D eigenvalue weighted by Crippen LogP contribution is 2.16. The van der Waals surface area contributed by atoms with Crippen molar-refractivity contribution in [1.29, 1.82) is 0 Å². The van der Waals surface area contributed by atoms with Crippen molar-refractivity contribution in [2.75, 3.05) is 0 Å². The van der Waals surface area contributed by atoms with E-state index in [2.05, 4.69) is 46.5 Å². The number of hydrogen-bond acceptors (Lipinski definition) is 4. The highest BCUT2D eigenvalue weighted by atomic mass is 16.4. The van der Waals surface area contributed by atoms with E-state index in [0.29, 0.717) is 0 Å². The predicted molar refractivity (Wildman–Crippen MR) is 83.0 cm³/mol. The average molecular weight is 281 g/mol. The summed E-state index contributed by atoms with van der Waals surface area (Å²) >= 11 is 0. The molecule has 0 bridgehead atoms. The number of pyridine rings is 1. The fourth-order valence-corrected chi connectivity index (χ4v) is 2.32. The molecule has 3 rings (SSSR count). The molecule has 1 unspecified atom stereocenters. The molecule has 1 atom stereocenters. The minimum atomic E-state index is 0.0885. The van der Waals surface area contributed by atoms with E-state index in [-0.39, 0.29) is 6.04 Å². The molecule has 0 saturated carbocycles. The van der Waals surface area contributed by atoms with Gasteiger partial charge in [-0.25, -0.2) is 4.98 Å². The van der Waals surface area contributed by atoms with Gasteiger partial charge in [-0.3, -0.25) is 4.98 Å². The van der Waals surface area contributed by atoms with Gasteiger partial charge in [-0.15, -0.1) is 0 Å². The van der Waals surface area contributed by atoms with Gasteiger partial charge >= 0.3 is 0 Å². The second-order valence-electron chi connectivity index (χ2n) is 5.39. The van der Waals surface area contributed by atoms with Crippen LogP contribution in [0.15, 0.2) is 40.9 Å². The molecule has 2 aromatic heterocycles. The van der Waals surface area contributed by atoms with Crippen LogP contribution >= 0.6 is 0 Å². The summed E-state index contributed by atoms with van der Waals surface area (Å²) in [4.78, 5) is 8.77. The number of rotatable bonds is 4. The van der Waals surface area contributed by atoms with Crippen LogP contribution in [0.2, 0.25) is 0 Å². The van der Waals surface area contributed by atoms with Crippen LogP contribution in [0.3, 0.4) is 0 Å². The van der Waals surface area contributed by atoms with E-state index in [4.69, 9.17) is 4.42 Å². The van der Waals surface area contributed by atoms with Crippen molar-refractivity contribution in [3.05, 3.63) is 59.4 Å². The Bertz CT molecular complexity index is 764. The Labute approximate surface area is 124 Å². The van der Waals surface area contributed by atoms with Crippen molar-refractivity contribution < 1.29 is 4.42 Å². The normalized spacial score (nSPS) is 12.7. The van der Waals surface area contributed by atoms with E-state index in [9.17, 15) is 0 Å². The molecule has 0 spiro atoms. The van der Waals surface area contributed by atoms with Gasteiger partial charge in [-0.05, 0) is 44.5 Å². The molecule has 4 heteroatoms. The maximum absolute atomic E-state index is 5.53. The molecule has 0 fully saturated rings. The van der Waals surface area contributed by atoms with Crippen LogP contribution < -0.4 is 5.32 Å². The highest BCUT2D eigenvalue weighted by molar-refractivity contribution is 5.79. The Morgan fingerprint density at radius 1 is 1.19 bits per heavy atom. The highest BCUT2D eigenvalue weighted by Gasteiger charge is 2.10. The largest absolute Gasteiger partial charge is 0.444 e. The van der Waals surface area contributed by atoms with Gasteiger partial charge in [-0.2, -0.15) is 0 Å². The fraction of sp³-hybridized carbons (Fsp3) is 0.294. The van der Waals surface area contributed by atoms with Gasteiger partial charge < -0.3 is 9.73 Å². The first-order valence-electron chi connectivity index (χ1n) is 7.14. The SMILES string of the molecule is Cc1ccc2cc(CNC(C)c3ncc(C)o3)ccc2n1. The number of fused-ring (bicyclic) bond motifs is 1. The molecule has 1 aromatic carbocycles. The zero-order valence-electron chi connectivity index (χ0n) is 12.6. The van der Waals surface area contributed by atoms with Crippen molar-refractivity contribution >= 4 is 10.9 Å². The number of aromatic nitrogens is 2. The molecule has 0 radical (unpaired) electrons. The van der Waals surface area contributed by atoms with Gasteiger partial charge in [0, 0.05) is 17.6 Å². The lowest BCUT2D eigenvalue weighted by Crippen LogP contribution is -2.18. The molecule has 108 valence electrons. The molecular weight excluding hydrogens is 262 g/mol. The molecular formula is C17H19N3O. The molecule has 21 heavy (non-hydrogen) atoms. The van der Waals surface area contributed by atoms with Gasteiger partial charge in [0.05, 0.1) is 17.8 Å². The number of oxazole rings is 1. The third-order valence-electron chi connectivity index (χ3n) is 3.51. The third kappa shape index (κ3) is 3.11. The number of hydrogen-bond donors (Lipinski definition) is 1. The quantitative estimate of drug-likeness (QED) is 0.792. The first kappa shape index (κ1) is 13.8. The Morgan fingerprint density at radius 3 is 2.81 bits per heavy atom. The lowest BCUT2D eigenvalue weighted by molar-refractivity contribution is 0.402.